The number of ether oxygens (including phenoxy) is 2. The van der Waals surface area contributed by atoms with Crippen molar-refractivity contribution in [3.63, 3.8) is 0 Å². The monoisotopic (exact) mass is 354 g/mol. The molecule has 2 heterocycles. The van der Waals surface area contributed by atoms with Gasteiger partial charge in [0.25, 0.3) is 0 Å². The highest BCUT2D eigenvalue weighted by atomic mass is 16.6. The summed E-state index contributed by atoms with van der Waals surface area (Å²) in [6.07, 6.45) is 7.32. The van der Waals surface area contributed by atoms with Crippen molar-refractivity contribution in [2.75, 3.05) is 0 Å². The number of hydrogen-bond donors (Lipinski definition) is 0. The quantitative estimate of drug-likeness (QED) is 0.756. The van der Waals surface area contributed by atoms with Crippen LogP contribution in [0.5, 0.6) is 0 Å². The second-order valence-corrected chi connectivity index (χ2v) is 7.41. The van der Waals surface area contributed by atoms with Gasteiger partial charge >= 0.3 is 11.9 Å². The van der Waals surface area contributed by atoms with E-state index < -0.39 is 5.97 Å². The third-order valence-corrected chi connectivity index (χ3v) is 6.07. The SMILES string of the molecule is CCC1=C2CC3(C)C(=CCC(OC(=O)c4ccco4)C3C)C=C2OC1=O. The molecule has 1 aliphatic heterocycles. The molecule has 0 spiro atoms. The number of allylic oxidation sites excluding steroid dienone is 3. The summed E-state index contributed by atoms with van der Waals surface area (Å²) in [7, 11) is 0. The van der Waals surface area contributed by atoms with Crippen LogP contribution in [0.2, 0.25) is 0 Å². The van der Waals surface area contributed by atoms with E-state index in [2.05, 4.69) is 19.9 Å². The van der Waals surface area contributed by atoms with Crippen molar-refractivity contribution in [2.24, 2.45) is 11.3 Å². The van der Waals surface area contributed by atoms with Crippen LogP contribution in [-0.2, 0) is 14.3 Å². The van der Waals surface area contributed by atoms with Crippen molar-refractivity contribution in [1.29, 1.82) is 0 Å². The summed E-state index contributed by atoms with van der Waals surface area (Å²) in [5.74, 6) is 0.334. The van der Waals surface area contributed by atoms with Crippen molar-refractivity contribution in [3.05, 3.63) is 58.8 Å². The molecule has 3 atom stereocenters. The molecule has 0 saturated carbocycles. The second-order valence-electron chi connectivity index (χ2n) is 7.41. The Morgan fingerprint density at radius 2 is 2.23 bits per heavy atom. The van der Waals surface area contributed by atoms with Gasteiger partial charge in [-0.25, -0.2) is 9.59 Å². The number of fused-ring (bicyclic) bond motifs is 2. The van der Waals surface area contributed by atoms with Crippen LogP contribution in [0.3, 0.4) is 0 Å². The van der Waals surface area contributed by atoms with Crippen molar-refractivity contribution in [3.8, 4) is 0 Å². The van der Waals surface area contributed by atoms with Gasteiger partial charge in [-0.1, -0.05) is 26.8 Å². The third-order valence-electron chi connectivity index (χ3n) is 6.07. The van der Waals surface area contributed by atoms with Crippen LogP contribution in [0.1, 0.15) is 50.6 Å². The van der Waals surface area contributed by atoms with E-state index in [1.54, 1.807) is 12.1 Å². The van der Waals surface area contributed by atoms with Crippen molar-refractivity contribution < 1.29 is 23.5 Å². The van der Waals surface area contributed by atoms with Gasteiger partial charge in [-0.2, -0.15) is 0 Å². The lowest BCUT2D eigenvalue weighted by atomic mass is 9.60. The van der Waals surface area contributed by atoms with Gasteiger partial charge in [0.2, 0.25) is 5.76 Å². The fourth-order valence-corrected chi connectivity index (χ4v) is 4.25. The van der Waals surface area contributed by atoms with Crippen LogP contribution in [0.25, 0.3) is 0 Å². The molecule has 4 rings (SSSR count). The summed E-state index contributed by atoms with van der Waals surface area (Å²) in [6, 6.07) is 3.28. The van der Waals surface area contributed by atoms with Gasteiger partial charge in [0, 0.05) is 28.9 Å². The Bertz CT molecular complexity index is 855. The van der Waals surface area contributed by atoms with Crippen LogP contribution in [-0.4, -0.2) is 18.0 Å². The first-order valence-electron chi connectivity index (χ1n) is 9.05. The zero-order valence-corrected chi connectivity index (χ0v) is 15.2. The van der Waals surface area contributed by atoms with Crippen LogP contribution in [0.15, 0.2) is 57.4 Å². The molecule has 0 amide bonds. The minimum atomic E-state index is -0.438. The molecule has 1 aromatic rings. The van der Waals surface area contributed by atoms with Crippen LogP contribution >= 0.6 is 0 Å². The summed E-state index contributed by atoms with van der Waals surface area (Å²) in [5.41, 5.74) is 2.71. The Kier molecular flexibility index (Phi) is 3.90. The number of esters is 2. The maximum atomic E-state index is 12.3. The highest BCUT2D eigenvalue weighted by Gasteiger charge is 2.48. The fourth-order valence-electron chi connectivity index (χ4n) is 4.25. The minimum Gasteiger partial charge on any atom is -0.457 e. The Hall–Kier alpha value is -2.56. The summed E-state index contributed by atoms with van der Waals surface area (Å²) < 4.78 is 16.3. The summed E-state index contributed by atoms with van der Waals surface area (Å²) in [5, 5.41) is 0. The molecule has 5 nitrogen and oxygen atoms in total. The van der Waals surface area contributed by atoms with E-state index in [-0.39, 0.29) is 29.2 Å². The van der Waals surface area contributed by atoms with E-state index in [0.717, 1.165) is 23.1 Å². The highest BCUT2D eigenvalue weighted by molar-refractivity contribution is 5.95. The largest absolute Gasteiger partial charge is 0.457 e. The summed E-state index contributed by atoms with van der Waals surface area (Å²) in [4.78, 5) is 24.4. The Balaban J connectivity index is 1.63. The van der Waals surface area contributed by atoms with E-state index in [1.807, 2.05) is 13.0 Å². The van der Waals surface area contributed by atoms with Gasteiger partial charge < -0.3 is 13.9 Å². The first-order valence-corrected chi connectivity index (χ1v) is 9.05. The third kappa shape index (κ3) is 2.45. The predicted octanol–water partition coefficient (Wildman–Crippen LogP) is 4.33. The van der Waals surface area contributed by atoms with Gasteiger partial charge in [-0.3, -0.25) is 0 Å². The van der Waals surface area contributed by atoms with Crippen LogP contribution < -0.4 is 0 Å². The number of furan rings is 1. The maximum absolute atomic E-state index is 12.3. The van der Waals surface area contributed by atoms with E-state index in [4.69, 9.17) is 13.9 Å². The van der Waals surface area contributed by atoms with Crippen LogP contribution in [0, 0.1) is 11.3 Å². The first-order chi connectivity index (χ1) is 12.4. The summed E-state index contributed by atoms with van der Waals surface area (Å²) in [6.45, 7) is 6.25. The molecule has 0 N–H and O–H groups in total. The molecule has 0 radical (unpaired) electrons. The van der Waals surface area contributed by atoms with Gasteiger partial charge in [-0.15, -0.1) is 0 Å². The molecule has 26 heavy (non-hydrogen) atoms. The van der Waals surface area contributed by atoms with Gasteiger partial charge in [0.15, 0.2) is 0 Å². The molecule has 0 bridgehead atoms. The summed E-state index contributed by atoms with van der Waals surface area (Å²) >= 11 is 0. The highest BCUT2D eigenvalue weighted by Crippen LogP contribution is 2.54. The minimum absolute atomic E-state index is 0.0977. The average molecular weight is 354 g/mol. The van der Waals surface area contributed by atoms with Crippen molar-refractivity contribution in [2.45, 2.75) is 46.1 Å². The van der Waals surface area contributed by atoms with E-state index >= 15 is 0 Å². The molecular weight excluding hydrogens is 332 g/mol. The Morgan fingerprint density at radius 3 is 2.92 bits per heavy atom. The molecule has 5 heteroatoms. The lowest BCUT2D eigenvalue weighted by molar-refractivity contribution is -0.133. The average Bonchev–Trinajstić information content (AvgIpc) is 3.24. The zero-order valence-electron chi connectivity index (χ0n) is 15.2. The second kappa shape index (κ2) is 6.01. The molecular formula is C21H22O5. The van der Waals surface area contributed by atoms with Gasteiger partial charge in [0.05, 0.1) is 6.26 Å². The fraction of sp³-hybridized carbons (Fsp3) is 0.429. The molecule has 0 saturated heterocycles. The molecule has 1 aromatic heterocycles. The molecule has 0 aromatic carbocycles. The molecule has 0 fully saturated rings. The molecule has 3 aliphatic rings. The van der Waals surface area contributed by atoms with Crippen molar-refractivity contribution >= 4 is 11.9 Å². The maximum Gasteiger partial charge on any atom is 0.374 e. The topological polar surface area (TPSA) is 65.7 Å². The van der Waals surface area contributed by atoms with E-state index in [0.29, 0.717) is 18.6 Å². The number of rotatable bonds is 3. The van der Waals surface area contributed by atoms with Gasteiger partial charge in [-0.05, 0) is 36.6 Å². The lowest BCUT2D eigenvalue weighted by Crippen LogP contribution is -2.42. The van der Waals surface area contributed by atoms with E-state index in [9.17, 15) is 9.59 Å². The smallest absolute Gasteiger partial charge is 0.374 e. The molecule has 136 valence electrons. The normalized spacial score (nSPS) is 30.2. The van der Waals surface area contributed by atoms with Crippen molar-refractivity contribution in [1.82, 2.24) is 0 Å². The lowest BCUT2D eigenvalue weighted by Gasteiger charge is -2.46. The Labute approximate surface area is 152 Å². The Morgan fingerprint density at radius 1 is 1.42 bits per heavy atom. The number of hydrogen-bond acceptors (Lipinski definition) is 5. The number of carbonyl (C=O) groups excluding carboxylic acids is 2. The number of carbonyl (C=O) groups is 2. The first kappa shape index (κ1) is 16.9. The standard InChI is InChI=1S/C21H22O5/c1-4-14-15-11-21(3)12(2)16(25-20(23)17-6-5-9-24-17)8-7-13(21)10-18(15)26-19(14)22/h5-7,9-10,12,16H,4,8,11H2,1-3H3. The van der Waals surface area contributed by atoms with Crippen LogP contribution in [0.4, 0.5) is 0 Å². The zero-order chi connectivity index (χ0) is 18.5. The molecule has 3 unspecified atom stereocenters. The predicted molar refractivity (Wildman–Crippen MR) is 94.0 cm³/mol. The van der Waals surface area contributed by atoms with E-state index in [1.165, 1.54) is 6.26 Å². The van der Waals surface area contributed by atoms with Gasteiger partial charge in [0.1, 0.15) is 11.9 Å². The molecule has 2 aliphatic carbocycles.